The van der Waals surface area contributed by atoms with Gasteiger partial charge in [-0.3, -0.25) is 4.79 Å². The number of hydrogen-bond acceptors (Lipinski definition) is 7. The van der Waals surface area contributed by atoms with E-state index in [-0.39, 0.29) is 16.3 Å². The van der Waals surface area contributed by atoms with E-state index in [0.717, 1.165) is 11.1 Å². The minimum absolute atomic E-state index is 0.0579. The summed E-state index contributed by atoms with van der Waals surface area (Å²) in [4.78, 5) is 30.5. The lowest BCUT2D eigenvalue weighted by Crippen LogP contribution is -2.25. The van der Waals surface area contributed by atoms with Gasteiger partial charge in [-0.2, -0.15) is 5.26 Å². The Morgan fingerprint density at radius 2 is 1.89 bits per heavy atom. The number of nitrogens with zero attached hydrogens (tertiary/aromatic N) is 2. The van der Waals surface area contributed by atoms with Gasteiger partial charge in [0.25, 0.3) is 0 Å². The third kappa shape index (κ3) is 5.56. The van der Waals surface area contributed by atoms with Crippen molar-refractivity contribution in [1.82, 2.24) is 4.98 Å². The summed E-state index contributed by atoms with van der Waals surface area (Å²) in [6.07, 6.45) is 0. The number of rotatable bonds is 5. The van der Waals surface area contributed by atoms with Crippen LogP contribution in [0.1, 0.15) is 66.5 Å². The summed E-state index contributed by atoms with van der Waals surface area (Å²) in [6, 6.07) is 15.7. The molecule has 0 amide bonds. The Kier molecular flexibility index (Phi) is 7.30. The smallest absolute Gasteiger partial charge is 0.359 e. The van der Waals surface area contributed by atoms with Crippen molar-refractivity contribution >= 4 is 34.2 Å². The minimum atomic E-state index is -0.711. The highest BCUT2D eigenvalue weighted by Gasteiger charge is 2.24. The first-order valence-corrected chi connectivity index (χ1v) is 12.5. The van der Waals surface area contributed by atoms with Crippen LogP contribution in [0.15, 0.2) is 57.7 Å². The first kappa shape index (κ1) is 26.9. The van der Waals surface area contributed by atoms with Crippen LogP contribution in [0.5, 0.6) is 0 Å². The van der Waals surface area contributed by atoms with Crippen molar-refractivity contribution in [2.75, 3.05) is 5.32 Å². The van der Waals surface area contributed by atoms with E-state index in [0.29, 0.717) is 39.1 Å². The Balaban J connectivity index is 1.84. The van der Waals surface area contributed by atoms with Crippen LogP contribution in [-0.4, -0.2) is 16.6 Å². The maximum absolute atomic E-state index is 13.4. The van der Waals surface area contributed by atoms with Gasteiger partial charge < -0.3 is 14.5 Å². The number of ether oxygens (including phenoxy) is 1. The Hall–Kier alpha value is -4.15. The number of esters is 1. The molecule has 0 saturated heterocycles. The Bertz CT molecular complexity index is 1660. The van der Waals surface area contributed by atoms with E-state index in [4.69, 9.17) is 20.8 Å². The second kappa shape index (κ2) is 10.3. The number of halogens is 1. The molecule has 0 fully saturated rings. The third-order valence-corrected chi connectivity index (χ3v) is 6.15. The zero-order valence-electron chi connectivity index (χ0n) is 22.1. The summed E-state index contributed by atoms with van der Waals surface area (Å²) in [6.45, 7) is 10.9. The zero-order valence-corrected chi connectivity index (χ0v) is 22.9. The number of benzene rings is 2. The molecule has 8 heteroatoms. The molecule has 1 N–H and O–H groups in total. The standard InChI is InChI=1S/C30H28ClN3O4/c1-16-12-21(18(3)33-23-10-11-24(31)34-25(23)29(36)38-30(4,5)6)28-22(13-16)26(35)17(2)27(37-28)20-9-7-8-19(14-20)15-32/h7-14,18,33H,1-6H3. The van der Waals surface area contributed by atoms with Gasteiger partial charge in [0, 0.05) is 16.7 Å². The molecule has 0 bridgehead atoms. The second-order valence-corrected chi connectivity index (χ2v) is 10.6. The van der Waals surface area contributed by atoms with Crippen molar-refractivity contribution in [1.29, 1.82) is 5.26 Å². The topological polar surface area (TPSA) is 105 Å². The van der Waals surface area contributed by atoms with E-state index in [1.807, 2.05) is 19.9 Å². The predicted molar refractivity (Wildman–Crippen MR) is 149 cm³/mol. The molecule has 0 aliphatic heterocycles. The summed E-state index contributed by atoms with van der Waals surface area (Å²) in [5.74, 6) is -0.204. The molecule has 0 spiro atoms. The Morgan fingerprint density at radius 1 is 1.16 bits per heavy atom. The van der Waals surface area contributed by atoms with Gasteiger partial charge >= 0.3 is 5.97 Å². The van der Waals surface area contributed by atoms with Gasteiger partial charge in [-0.15, -0.1) is 0 Å². The second-order valence-electron chi connectivity index (χ2n) is 10.2. The van der Waals surface area contributed by atoms with Crippen molar-refractivity contribution in [3.05, 3.63) is 91.9 Å². The molecule has 0 radical (unpaired) electrons. The Labute approximate surface area is 226 Å². The number of nitriles is 1. The number of aromatic nitrogens is 1. The maximum atomic E-state index is 13.4. The number of aryl methyl sites for hydroxylation is 1. The van der Waals surface area contributed by atoms with E-state index in [1.165, 1.54) is 0 Å². The summed E-state index contributed by atoms with van der Waals surface area (Å²) in [7, 11) is 0. The van der Waals surface area contributed by atoms with Crippen molar-refractivity contribution < 1.29 is 13.9 Å². The van der Waals surface area contributed by atoms with Gasteiger partial charge in [-0.25, -0.2) is 9.78 Å². The molecule has 7 nitrogen and oxygen atoms in total. The van der Waals surface area contributed by atoms with Crippen molar-refractivity contribution in [3.8, 4) is 17.4 Å². The van der Waals surface area contributed by atoms with Crippen LogP contribution >= 0.6 is 11.6 Å². The lowest BCUT2D eigenvalue weighted by molar-refractivity contribution is 0.00640. The fraction of sp³-hybridized carbons (Fsp3) is 0.267. The molecule has 0 aliphatic carbocycles. The molecule has 1 atom stereocenters. The summed E-state index contributed by atoms with van der Waals surface area (Å²) in [5.41, 5.74) is 3.22. The van der Waals surface area contributed by atoms with Crippen molar-refractivity contribution in [2.45, 2.75) is 53.2 Å². The quantitative estimate of drug-likeness (QED) is 0.216. The molecule has 4 aromatic rings. The first-order chi connectivity index (χ1) is 17.9. The van der Waals surface area contributed by atoms with E-state index in [1.54, 1.807) is 70.2 Å². The summed E-state index contributed by atoms with van der Waals surface area (Å²) in [5, 5.41) is 13.3. The van der Waals surface area contributed by atoms with Gasteiger partial charge in [0.2, 0.25) is 0 Å². The van der Waals surface area contributed by atoms with E-state index >= 15 is 0 Å². The largest absolute Gasteiger partial charge is 0.455 e. The number of anilines is 1. The fourth-order valence-corrected chi connectivity index (χ4v) is 4.39. The highest BCUT2D eigenvalue weighted by Crippen LogP contribution is 2.33. The van der Waals surface area contributed by atoms with Crippen LogP contribution in [0, 0.1) is 25.2 Å². The molecule has 2 aromatic carbocycles. The van der Waals surface area contributed by atoms with E-state index < -0.39 is 17.6 Å². The monoisotopic (exact) mass is 529 g/mol. The van der Waals surface area contributed by atoms with Gasteiger partial charge in [0.05, 0.1) is 28.7 Å². The summed E-state index contributed by atoms with van der Waals surface area (Å²) < 4.78 is 11.9. The lowest BCUT2D eigenvalue weighted by Gasteiger charge is -2.22. The van der Waals surface area contributed by atoms with Gasteiger partial charge in [-0.1, -0.05) is 29.8 Å². The lowest BCUT2D eigenvalue weighted by atomic mass is 9.98. The summed E-state index contributed by atoms with van der Waals surface area (Å²) >= 11 is 6.10. The predicted octanol–water partition coefficient (Wildman–Crippen LogP) is 7.13. The number of pyridine rings is 1. The molecule has 0 saturated carbocycles. The van der Waals surface area contributed by atoms with Gasteiger partial charge in [0.15, 0.2) is 11.1 Å². The number of nitrogens with one attached hydrogen (secondary N) is 1. The number of fused-ring (bicyclic) bond motifs is 1. The maximum Gasteiger partial charge on any atom is 0.359 e. The minimum Gasteiger partial charge on any atom is -0.455 e. The average molecular weight is 530 g/mol. The van der Waals surface area contributed by atoms with Crippen molar-refractivity contribution in [3.63, 3.8) is 0 Å². The highest BCUT2D eigenvalue weighted by atomic mass is 35.5. The number of carbonyl (C=O) groups is 1. The van der Waals surface area contributed by atoms with Gasteiger partial charge in [0.1, 0.15) is 22.1 Å². The SMILES string of the molecule is Cc1cc(C(C)Nc2ccc(Cl)nc2C(=O)OC(C)(C)C)c2oc(-c3cccc(C#N)c3)c(C)c(=O)c2c1. The van der Waals surface area contributed by atoms with Crippen LogP contribution in [0.2, 0.25) is 5.15 Å². The molecule has 2 heterocycles. The molecule has 1 unspecified atom stereocenters. The van der Waals surface area contributed by atoms with E-state index in [2.05, 4.69) is 16.4 Å². The highest BCUT2D eigenvalue weighted by molar-refractivity contribution is 6.29. The fourth-order valence-electron chi connectivity index (χ4n) is 4.24. The molecule has 0 aliphatic rings. The Morgan fingerprint density at radius 3 is 2.58 bits per heavy atom. The van der Waals surface area contributed by atoms with Crippen LogP contribution in [-0.2, 0) is 4.74 Å². The molecular weight excluding hydrogens is 502 g/mol. The average Bonchev–Trinajstić information content (AvgIpc) is 2.86. The molecular formula is C30H28ClN3O4. The van der Waals surface area contributed by atoms with Crippen molar-refractivity contribution in [2.24, 2.45) is 0 Å². The van der Waals surface area contributed by atoms with Crippen LogP contribution in [0.3, 0.4) is 0 Å². The molecule has 2 aromatic heterocycles. The molecule has 4 rings (SSSR count). The van der Waals surface area contributed by atoms with Crippen LogP contribution in [0.4, 0.5) is 5.69 Å². The first-order valence-electron chi connectivity index (χ1n) is 12.1. The van der Waals surface area contributed by atoms with Gasteiger partial charge in [-0.05, 0) is 77.4 Å². The molecule has 38 heavy (non-hydrogen) atoms. The normalized spacial score (nSPS) is 12.2. The zero-order chi connectivity index (χ0) is 27.8. The van der Waals surface area contributed by atoms with E-state index in [9.17, 15) is 14.9 Å². The molecule has 194 valence electrons. The van der Waals surface area contributed by atoms with Crippen LogP contribution < -0.4 is 10.7 Å². The third-order valence-electron chi connectivity index (χ3n) is 5.94. The number of carbonyl (C=O) groups excluding carboxylic acids is 1. The van der Waals surface area contributed by atoms with Crippen LogP contribution in [0.25, 0.3) is 22.3 Å². The number of hydrogen-bond donors (Lipinski definition) is 1.